The lowest BCUT2D eigenvalue weighted by Crippen LogP contribution is -2.48. The molecule has 38 heavy (non-hydrogen) atoms. The number of hydrogen-bond donors (Lipinski definition) is 1. The van der Waals surface area contributed by atoms with Gasteiger partial charge in [0.05, 0.1) is 11.0 Å². The summed E-state index contributed by atoms with van der Waals surface area (Å²) in [6.07, 6.45) is -2.98. The lowest BCUT2D eigenvalue weighted by Gasteiger charge is -2.36. The number of piperazine rings is 1. The van der Waals surface area contributed by atoms with Crippen molar-refractivity contribution < 1.29 is 22.4 Å². The monoisotopic (exact) mass is 525 g/mol. The Morgan fingerprint density at radius 2 is 1.63 bits per heavy atom. The van der Waals surface area contributed by atoms with Gasteiger partial charge in [0.1, 0.15) is 5.82 Å². The van der Waals surface area contributed by atoms with E-state index in [1.807, 2.05) is 35.2 Å². The largest absolute Gasteiger partial charge is 0.416 e. The number of nitrogens with one attached hydrogen (secondary N) is 1. The minimum atomic E-state index is -4.36. The van der Waals surface area contributed by atoms with Gasteiger partial charge in [-0.15, -0.1) is 0 Å². The van der Waals surface area contributed by atoms with Crippen LogP contribution >= 0.6 is 0 Å². The smallest absolute Gasteiger partial charge is 0.369 e. The fourth-order valence-electron chi connectivity index (χ4n) is 5.56. The zero-order valence-electron chi connectivity index (χ0n) is 21.1. The lowest BCUT2D eigenvalue weighted by atomic mass is 9.91. The fourth-order valence-corrected chi connectivity index (χ4v) is 5.56. The molecule has 200 valence electrons. The molecule has 2 fully saturated rings. The summed E-state index contributed by atoms with van der Waals surface area (Å²) in [7, 11) is 0. The quantitative estimate of drug-likeness (QED) is 0.407. The number of rotatable bonds is 8. The van der Waals surface area contributed by atoms with E-state index < -0.39 is 17.2 Å². The number of carbonyl (C=O) groups is 1. The molecule has 3 aromatic carbocycles. The normalized spacial score (nSPS) is 21.8. The van der Waals surface area contributed by atoms with Crippen molar-refractivity contribution in [3.63, 3.8) is 0 Å². The summed E-state index contributed by atoms with van der Waals surface area (Å²) in [6.45, 7) is 3.96. The summed E-state index contributed by atoms with van der Waals surface area (Å²) in [4.78, 5) is 17.8. The molecule has 1 heterocycles. The van der Waals surface area contributed by atoms with Crippen LogP contribution in [0.1, 0.15) is 23.1 Å². The van der Waals surface area contributed by atoms with Gasteiger partial charge >= 0.3 is 6.18 Å². The van der Waals surface area contributed by atoms with E-state index in [0.717, 1.165) is 43.2 Å². The van der Waals surface area contributed by atoms with Crippen LogP contribution in [0.5, 0.6) is 0 Å². The molecule has 1 aliphatic heterocycles. The van der Waals surface area contributed by atoms with Crippen molar-refractivity contribution >= 4 is 11.6 Å². The summed E-state index contributed by atoms with van der Waals surface area (Å²) < 4.78 is 52.6. The average molecular weight is 526 g/mol. The van der Waals surface area contributed by atoms with Gasteiger partial charge in [-0.2, -0.15) is 13.2 Å². The number of halogens is 4. The lowest BCUT2D eigenvalue weighted by molar-refractivity contribution is -0.137. The van der Waals surface area contributed by atoms with Gasteiger partial charge in [0.2, 0.25) is 5.91 Å². The highest BCUT2D eigenvalue weighted by Gasteiger charge is 2.60. The number of benzene rings is 3. The third kappa shape index (κ3) is 5.70. The van der Waals surface area contributed by atoms with Gasteiger partial charge in [-0.25, -0.2) is 4.39 Å². The molecular formula is C30H31F4N3O. The van der Waals surface area contributed by atoms with Crippen molar-refractivity contribution in [3.05, 3.63) is 101 Å². The third-order valence-corrected chi connectivity index (χ3v) is 7.80. The number of anilines is 1. The van der Waals surface area contributed by atoms with Gasteiger partial charge in [-0.1, -0.05) is 48.5 Å². The second kappa shape index (κ2) is 10.8. The van der Waals surface area contributed by atoms with E-state index in [-0.39, 0.29) is 17.6 Å². The Balaban J connectivity index is 1.19. The van der Waals surface area contributed by atoms with Crippen molar-refractivity contribution in [2.24, 2.45) is 5.92 Å². The molecule has 0 spiro atoms. The average Bonchev–Trinajstić information content (AvgIpc) is 3.65. The molecule has 1 aliphatic carbocycles. The van der Waals surface area contributed by atoms with Crippen LogP contribution in [0.2, 0.25) is 0 Å². The van der Waals surface area contributed by atoms with E-state index in [1.165, 1.54) is 24.3 Å². The molecule has 1 N–H and O–H groups in total. The van der Waals surface area contributed by atoms with E-state index in [9.17, 15) is 22.4 Å². The molecule has 2 aliphatic rings. The Morgan fingerprint density at radius 3 is 2.32 bits per heavy atom. The van der Waals surface area contributed by atoms with Gasteiger partial charge in [-0.3, -0.25) is 9.69 Å². The first-order valence-electron chi connectivity index (χ1n) is 13.0. The zero-order valence-corrected chi connectivity index (χ0v) is 21.1. The highest BCUT2D eigenvalue weighted by atomic mass is 19.4. The Morgan fingerprint density at radius 1 is 0.921 bits per heavy atom. The maximum absolute atomic E-state index is 13.5. The molecule has 4 nitrogen and oxygen atoms in total. The van der Waals surface area contributed by atoms with Crippen LogP contribution in [0.4, 0.5) is 23.2 Å². The van der Waals surface area contributed by atoms with E-state index in [4.69, 9.17) is 0 Å². The fraction of sp³-hybridized carbons (Fsp3) is 0.367. The van der Waals surface area contributed by atoms with Crippen LogP contribution in [-0.4, -0.2) is 50.1 Å². The molecule has 8 heteroatoms. The predicted molar refractivity (Wildman–Crippen MR) is 139 cm³/mol. The van der Waals surface area contributed by atoms with Gasteiger partial charge in [0.15, 0.2) is 0 Å². The second-order valence-corrected chi connectivity index (χ2v) is 10.2. The first kappa shape index (κ1) is 26.2. The highest BCUT2D eigenvalue weighted by molar-refractivity contribution is 5.92. The van der Waals surface area contributed by atoms with Crippen molar-refractivity contribution in [1.82, 2.24) is 10.2 Å². The van der Waals surface area contributed by atoms with E-state index >= 15 is 0 Å². The molecular weight excluding hydrogens is 494 g/mol. The van der Waals surface area contributed by atoms with E-state index in [1.54, 1.807) is 18.2 Å². The van der Waals surface area contributed by atoms with Gasteiger partial charge in [0.25, 0.3) is 0 Å². The van der Waals surface area contributed by atoms with Crippen LogP contribution < -0.4 is 10.2 Å². The Kier molecular flexibility index (Phi) is 7.43. The van der Waals surface area contributed by atoms with Crippen molar-refractivity contribution in [2.75, 3.05) is 44.2 Å². The molecule has 5 rings (SSSR count). The van der Waals surface area contributed by atoms with Crippen LogP contribution in [0, 0.1) is 11.7 Å². The first-order valence-corrected chi connectivity index (χ1v) is 13.0. The van der Waals surface area contributed by atoms with Crippen LogP contribution in [-0.2, 0) is 22.8 Å². The number of nitrogens with zero attached hydrogens (tertiary/aromatic N) is 2. The summed E-state index contributed by atoms with van der Waals surface area (Å²) in [5.41, 5.74) is 1.35. The number of alkyl halides is 3. The Hall–Kier alpha value is -3.39. The maximum Gasteiger partial charge on any atom is 0.416 e. The van der Waals surface area contributed by atoms with Crippen LogP contribution in [0.25, 0.3) is 0 Å². The molecule has 0 unspecified atom stereocenters. The SMILES string of the molecule is O=C(NCCc1ccc(F)cc1)[C@@]1(c2ccccc2)C[C@H]1CN1CCN(c2cccc(C(F)(F)F)c2)CC1. The van der Waals surface area contributed by atoms with Crippen molar-refractivity contribution in [2.45, 2.75) is 24.4 Å². The Labute approximate surface area is 220 Å². The molecule has 0 bridgehead atoms. The topological polar surface area (TPSA) is 35.6 Å². The van der Waals surface area contributed by atoms with Crippen LogP contribution in [0.15, 0.2) is 78.9 Å². The number of carbonyl (C=O) groups excluding carboxylic acids is 1. The molecule has 1 saturated heterocycles. The highest BCUT2D eigenvalue weighted by Crippen LogP contribution is 2.55. The standard InChI is InChI=1S/C30H31F4N3O/c31-26-11-9-22(10-12-26)13-14-35-28(38)29(23-5-2-1-3-6-23)20-25(29)21-36-15-17-37(18-16-36)27-8-4-7-24(19-27)30(32,33)34/h1-12,19,25H,13-18,20-21H2,(H,35,38)/t25-,29+/m0/s1. The second-order valence-electron chi connectivity index (χ2n) is 10.2. The number of amides is 1. The summed E-state index contributed by atoms with van der Waals surface area (Å²) in [5.74, 6) is -0.105. The molecule has 1 saturated carbocycles. The first-order chi connectivity index (χ1) is 18.3. The van der Waals surface area contributed by atoms with E-state index in [2.05, 4.69) is 10.2 Å². The minimum absolute atomic E-state index is 0.0124. The van der Waals surface area contributed by atoms with Crippen LogP contribution in [0.3, 0.4) is 0 Å². The zero-order chi connectivity index (χ0) is 26.8. The van der Waals surface area contributed by atoms with Crippen molar-refractivity contribution in [3.8, 4) is 0 Å². The summed E-state index contributed by atoms with van der Waals surface area (Å²) in [5, 5.41) is 3.11. The summed E-state index contributed by atoms with van der Waals surface area (Å²) in [6, 6.07) is 21.6. The van der Waals surface area contributed by atoms with Gasteiger partial charge < -0.3 is 10.2 Å². The number of hydrogen-bond acceptors (Lipinski definition) is 3. The molecule has 3 aromatic rings. The maximum atomic E-state index is 13.5. The van der Waals surface area contributed by atoms with Crippen molar-refractivity contribution in [1.29, 1.82) is 0 Å². The Bertz CT molecular complexity index is 1240. The van der Waals surface area contributed by atoms with Gasteiger partial charge in [0, 0.05) is 45.0 Å². The molecule has 1 amide bonds. The van der Waals surface area contributed by atoms with Gasteiger partial charge in [-0.05, 0) is 60.2 Å². The van der Waals surface area contributed by atoms with E-state index in [0.29, 0.717) is 31.7 Å². The summed E-state index contributed by atoms with van der Waals surface area (Å²) >= 11 is 0. The molecule has 0 radical (unpaired) electrons. The predicted octanol–water partition coefficient (Wildman–Crippen LogP) is 5.28. The minimum Gasteiger partial charge on any atom is -0.369 e. The molecule has 0 aromatic heterocycles. The molecule has 2 atom stereocenters. The third-order valence-electron chi connectivity index (χ3n) is 7.80.